The molecule has 1 saturated heterocycles. The summed E-state index contributed by atoms with van der Waals surface area (Å²) in [5, 5.41) is 2.23. The van der Waals surface area contributed by atoms with E-state index in [4.69, 9.17) is 9.47 Å². The summed E-state index contributed by atoms with van der Waals surface area (Å²) in [5.74, 6) is -0.526. The molecule has 0 aliphatic carbocycles. The second-order valence-corrected chi connectivity index (χ2v) is 7.69. The van der Waals surface area contributed by atoms with Crippen molar-refractivity contribution in [3.05, 3.63) is 70.2 Å². The van der Waals surface area contributed by atoms with Crippen LogP contribution in [-0.2, 0) is 16.0 Å². The van der Waals surface area contributed by atoms with E-state index in [-0.39, 0.29) is 5.57 Å². The van der Waals surface area contributed by atoms with Crippen LogP contribution in [-0.4, -0.2) is 31.1 Å². The normalized spacial score (nSPS) is 15.0. The number of rotatable bonds is 8. The van der Waals surface area contributed by atoms with Gasteiger partial charge in [0.1, 0.15) is 12.2 Å². The molecule has 1 aliphatic heterocycles. The SMILES string of the molecule is C=CCOc1cc(Br)c(/C=C2/C(=O)NC(=O)N(c3ccc(CC)cc3)C2=O)cc1OCC. The van der Waals surface area contributed by atoms with Gasteiger partial charge in [0, 0.05) is 4.47 Å². The van der Waals surface area contributed by atoms with E-state index < -0.39 is 17.8 Å². The van der Waals surface area contributed by atoms with Crippen LogP contribution in [0.2, 0.25) is 0 Å². The van der Waals surface area contributed by atoms with Crippen molar-refractivity contribution < 1.29 is 23.9 Å². The van der Waals surface area contributed by atoms with E-state index in [1.165, 1.54) is 6.08 Å². The summed E-state index contributed by atoms with van der Waals surface area (Å²) in [6.07, 6.45) is 3.86. The molecule has 4 amide bonds. The first-order valence-corrected chi connectivity index (χ1v) is 10.9. The standard InChI is InChI=1S/C24H23BrN2O5/c1-4-11-32-21-14-19(25)16(13-20(21)31-6-3)12-18-22(28)26-24(30)27(23(18)29)17-9-7-15(5-2)8-10-17/h4,7-10,12-14H,1,5-6,11H2,2-3H3,(H,26,28,30)/b18-12-. The molecule has 2 aromatic carbocycles. The maximum Gasteiger partial charge on any atom is 0.335 e. The first kappa shape index (κ1) is 23.3. The van der Waals surface area contributed by atoms with Crippen molar-refractivity contribution in [2.75, 3.05) is 18.1 Å². The first-order chi connectivity index (χ1) is 15.4. The minimum Gasteiger partial charge on any atom is -0.490 e. The lowest BCUT2D eigenvalue weighted by Crippen LogP contribution is -2.54. The van der Waals surface area contributed by atoms with Crippen molar-refractivity contribution in [1.82, 2.24) is 5.32 Å². The number of urea groups is 1. The quantitative estimate of drug-likeness (QED) is 0.325. The van der Waals surface area contributed by atoms with Crippen molar-refractivity contribution in [3.63, 3.8) is 0 Å². The lowest BCUT2D eigenvalue weighted by molar-refractivity contribution is -0.122. The number of nitrogens with one attached hydrogen (secondary N) is 1. The molecule has 1 fully saturated rings. The summed E-state index contributed by atoms with van der Waals surface area (Å²) in [4.78, 5) is 39.0. The minimum absolute atomic E-state index is 0.174. The van der Waals surface area contributed by atoms with Gasteiger partial charge in [0.2, 0.25) is 0 Å². The van der Waals surface area contributed by atoms with Crippen molar-refractivity contribution in [3.8, 4) is 11.5 Å². The summed E-state index contributed by atoms with van der Waals surface area (Å²) in [7, 11) is 0. The van der Waals surface area contributed by atoms with E-state index in [1.54, 1.807) is 30.3 Å². The van der Waals surface area contributed by atoms with Gasteiger partial charge in [-0.15, -0.1) is 0 Å². The second-order valence-electron chi connectivity index (χ2n) is 6.83. The number of carbonyl (C=O) groups is 3. The van der Waals surface area contributed by atoms with Crippen LogP contribution in [0.3, 0.4) is 0 Å². The van der Waals surface area contributed by atoms with E-state index in [0.717, 1.165) is 16.9 Å². The Labute approximate surface area is 194 Å². The van der Waals surface area contributed by atoms with Crippen molar-refractivity contribution in [1.29, 1.82) is 0 Å². The molecule has 0 bridgehead atoms. The summed E-state index contributed by atoms with van der Waals surface area (Å²) in [6, 6.07) is 9.60. The lowest BCUT2D eigenvalue weighted by Gasteiger charge is -2.26. The van der Waals surface area contributed by atoms with E-state index >= 15 is 0 Å². The molecule has 0 atom stereocenters. The number of benzene rings is 2. The number of halogens is 1. The molecular formula is C24H23BrN2O5. The molecule has 0 saturated carbocycles. The number of carbonyl (C=O) groups excluding carboxylic acids is 3. The Hall–Kier alpha value is -3.39. The molecule has 8 heteroatoms. The second kappa shape index (κ2) is 10.3. The number of imide groups is 2. The first-order valence-electron chi connectivity index (χ1n) is 10.1. The molecule has 2 aromatic rings. The van der Waals surface area contributed by atoms with Gasteiger partial charge in [-0.25, -0.2) is 9.69 Å². The van der Waals surface area contributed by atoms with Crippen LogP contribution in [0.4, 0.5) is 10.5 Å². The number of aryl methyl sites for hydroxylation is 1. The smallest absolute Gasteiger partial charge is 0.335 e. The number of amides is 4. The third-order valence-corrected chi connectivity index (χ3v) is 5.41. The van der Waals surface area contributed by atoms with E-state index in [1.807, 2.05) is 26.0 Å². The summed E-state index contributed by atoms with van der Waals surface area (Å²) in [5.41, 5.74) is 1.79. The zero-order valence-corrected chi connectivity index (χ0v) is 19.4. The molecule has 0 unspecified atom stereocenters. The van der Waals surface area contributed by atoms with Gasteiger partial charge < -0.3 is 9.47 Å². The van der Waals surface area contributed by atoms with Gasteiger partial charge >= 0.3 is 6.03 Å². The number of anilines is 1. The monoisotopic (exact) mass is 498 g/mol. The van der Waals surface area contributed by atoms with Gasteiger partial charge in [-0.3, -0.25) is 14.9 Å². The zero-order chi connectivity index (χ0) is 23.3. The van der Waals surface area contributed by atoms with Crippen molar-refractivity contribution in [2.45, 2.75) is 20.3 Å². The third kappa shape index (κ3) is 4.91. The highest BCUT2D eigenvalue weighted by Crippen LogP contribution is 2.35. The van der Waals surface area contributed by atoms with Crippen LogP contribution < -0.4 is 19.7 Å². The Morgan fingerprint density at radius 1 is 1.06 bits per heavy atom. The van der Waals surface area contributed by atoms with Crippen LogP contribution in [0.1, 0.15) is 25.0 Å². The van der Waals surface area contributed by atoms with Crippen LogP contribution in [0.25, 0.3) is 6.08 Å². The van der Waals surface area contributed by atoms with E-state index in [9.17, 15) is 14.4 Å². The van der Waals surface area contributed by atoms with Crippen LogP contribution >= 0.6 is 15.9 Å². The molecular weight excluding hydrogens is 476 g/mol. The Morgan fingerprint density at radius 3 is 2.38 bits per heavy atom. The average Bonchev–Trinajstić information content (AvgIpc) is 2.77. The highest BCUT2D eigenvalue weighted by molar-refractivity contribution is 9.10. The average molecular weight is 499 g/mol. The predicted molar refractivity (Wildman–Crippen MR) is 126 cm³/mol. The van der Waals surface area contributed by atoms with Gasteiger partial charge in [-0.1, -0.05) is 47.6 Å². The molecule has 166 valence electrons. The fourth-order valence-corrected chi connectivity index (χ4v) is 3.56. The predicted octanol–water partition coefficient (Wildman–Crippen LogP) is 4.64. The van der Waals surface area contributed by atoms with Gasteiger partial charge in [0.25, 0.3) is 11.8 Å². The molecule has 1 aliphatic rings. The largest absolute Gasteiger partial charge is 0.490 e. The summed E-state index contributed by atoms with van der Waals surface area (Å²) >= 11 is 3.45. The lowest BCUT2D eigenvalue weighted by atomic mass is 10.1. The molecule has 3 rings (SSSR count). The highest BCUT2D eigenvalue weighted by Gasteiger charge is 2.37. The van der Waals surface area contributed by atoms with Gasteiger partial charge in [0.05, 0.1) is 12.3 Å². The van der Waals surface area contributed by atoms with Crippen molar-refractivity contribution >= 4 is 45.5 Å². The maximum atomic E-state index is 13.1. The van der Waals surface area contributed by atoms with Crippen LogP contribution in [0, 0.1) is 0 Å². The topological polar surface area (TPSA) is 84.9 Å². The number of hydrogen-bond acceptors (Lipinski definition) is 5. The van der Waals surface area contributed by atoms with Crippen molar-refractivity contribution in [2.24, 2.45) is 0 Å². The Kier molecular flexibility index (Phi) is 7.48. The number of barbiturate groups is 1. The Morgan fingerprint density at radius 2 is 1.75 bits per heavy atom. The summed E-state index contributed by atoms with van der Waals surface area (Å²) in [6.45, 7) is 8.17. The van der Waals surface area contributed by atoms with Gasteiger partial charge in [0.15, 0.2) is 11.5 Å². The Bertz CT molecular complexity index is 1090. The third-order valence-electron chi connectivity index (χ3n) is 4.72. The molecule has 7 nitrogen and oxygen atoms in total. The molecule has 0 aromatic heterocycles. The molecule has 32 heavy (non-hydrogen) atoms. The number of ether oxygens (including phenoxy) is 2. The van der Waals surface area contributed by atoms with Crippen LogP contribution in [0.15, 0.2) is 59.1 Å². The fraction of sp³-hybridized carbons (Fsp3) is 0.208. The van der Waals surface area contributed by atoms with Gasteiger partial charge in [-0.2, -0.15) is 0 Å². The van der Waals surface area contributed by atoms with E-state index in [0.29, 0.717) is 40.4 Å². The number of nitrogens with zero attached hydrogens (tertiary/aromatic N) is 1. The molecule has 0 spiro atoms. The van der Waals surface area contributed by atoms with E-state index in [2.05, 4.69) is 27.8 Å². The zero-order valence-electron chi connectivity index (χ0n) is 17.8. The highest BCUT2D eigenvalue weighted by atomic mass is 79.9. The summed E-state index contributed by atoms with van der Waals surface area (Å²) < 4.78 is 11.9. The minimum atomic E-state index is -0.788. The molecule has 1 N–H and O–H groups in total. The number of hydrogen-bond donors (Lipinski definition) is 1. The maximum absolute atomic E-state index is 13.1. The Balaban J connectivity index is 2.01. The van der Waals surface area contributed by atoms with Gasteiger partial charge in [-0.05, 0) is 54.8 Å². The molecule has 1 heterocycles. The fourth-order valence-electron chi connectivity index (χ4n) is 3.12. The van der Waals surface area contributed by atoms with Crippen LogP contribution in [0.5, 0.6) is 11.5 Å². The molecule has 0 radical (unpaired) electrons.